The standard InChI is InChI=1S/C11H9F3N2O2/c12-11(13,14)7-1-3-8(4-2-7)16-6-5-15-9(17)10(16)18/h1-4H,5-6H2,(H,15,17). The van der Waals surface area contributed by atoms with Crippen LogP contribution in [0.15, 0.2) is 24.3 Å². The fraction of sp³-hybridized carbons (Fsp3) is 0.273. The van der Waals surface area contributed by atoms with Crippen LogP contribution in [0.5, 0.6) is 0 Å². The van der Waals surface area contributed by atoms with Gasteiger partial charge in [0, 0.05) is 18.8 Å². The minimum atomic E-state index is -4.41. The zero-order valence-corrected chi connectivity index (χ0v) is 9.12. The van der Waals surface area contributed by atoms with E-state index in [0.717, 1.165) is 17.0 Å². The molecular formula is C11H9F3N2O2. The molecule has 1 fully saturated rings. The van der Waals surface area contributed by atoms with E-state index < -0.39 is 23.6 Å². The molecule has 1 aliphatic rings. The number of halogens is 3. The van der Waals surface area contributed by atoms with Crippen molar-refractivity contribution in [2.24, 2.45) is 0 Å². The van der Waals surface area contributed by atoms with Gasteiger partial charge in [0.2, 0.25) is 0 Å². The molecule has 1 aromatic carbocycles. The molecule has 0 aliphatic carbocycles. The highest BCUT2D eigenvalue weighted by Crippen LogP contribution is 2.30. The first-order valence-corrected chi connectivity index (χ1v) is 5.16. The second-order valence-electron chi connectivity index (χ2n) is 3.76. The first-order valence-electron chi connectivity index (χ1n) is 5.16. The molecule has 2 rings (SSSR count). The van der Waals surface area contributed by atoms with Gasteiger partial charge in [-0.1, -0.05) is 0 Å². The Labute approximate surface area is 100 Å². The van der Waals surface area contributed by atoms with Crippen molar-refractivity contribution < 1.29 is 22.8 Å². The minimum Gasteiger partial charge on any atom is -0.346 e. The molecule has 0 atom stereocenters. The third kappa shape index (κ3) is 2.29. The van der Waals surface area contributed by atoms with Gasteiger partial charge in [-0.25, -0.2) is 0 Å². The van der Waals surface area contributed by atoms with Crippen LogP contribution in [0.1, 0.15) is 5.56 Å². The lowest BCUT2D eigenvalue weighted by molar-refractivity contribution is -0.138. The summed E-state index contributed by atoms with van der Waals surface area (Å²) in [6, 6.07) is 4.13. The highest BCUT2D eigenvalue weighted by Gasteiger charge is 2.31. The molecule has 4 nitrogen and oxygen atoms in total. The average Bonchev–Trinajstić information content (AvgIpc) is 2.32. The average molecular weight is 258 g/mol. The molecule has 1 aromatic rings. The number of alkyl halides is 3. The summed E-state index contributed by atoms with van der Waals surface area (Å²) < 4.78 is 37.1. The van der Waals surface area contributed by atoms with Crippen LogP contribution in [0.3, 0.4) is 0 Å². The van der Waals surface area contributed by atoms with Crippen LogP contribution in [0.25, 0.3) is 0 Å². The van der Waals surface area contributed by atoms with Crippen molar-refractivity contribution in [1.29, 1.82) is 0 Å². The number of anilines is 1. The van der Waals surface area contributed by atoms with Crippen molar-refractivity contribution in [3.8, 4) is 0 Å². The fourth-order valence-electron chi connectivity index (χ4n) is 1.66. The van der Waals surface area contributed by atoms with Gasteiger partial charge in [0.05, 0.1) is 5.56 Å². The molecule has 0 unspecified atom stereocenters. The molecule has 7 heteroatoms. The highest BCUT2D eigenvalue weighted by molar-refractivity contribution is 6.41. The Balaban J connectivity index is 2.24. The summed E-state index contributed by atoms with van der Waals surface area (Å²) in [6.07, 6.45) is -4.41. The van der Waals surface area contributed by atoms with Crippen molar-refractivity contribution in [2.75, 3.05) is 18.0 Å². The highest BCUT2D eigenvalue weighted by atomic mass is 19.4. The summed E-state index contributed by atoms with van der Waals surface area (Å²) in [6.45, 7) is 0.529. The number of rotatable bonds is 1. The van der Waals surface area contributed by atoms with Crippen LogP contribution >= 0.6 is 0 Å². The lowest BCUT2D eigenvalue weighted by Gasteiger charge is -2.26. The van der Waals surface area contributed by atoms with Crippen LogP contribution in [0, 0.1) is 0 Å². The van der Waals surface area contributed by atoms with Gasteiger partial charge in [-0.3, -0.25) is 9.59 Å². The van der Waals surface area contributed by atoms with Gasteiger partial charge < -0.3 is 10.2 Å². The Morgan fingerprint density at radius 3 is 2.28 bits per heavy atom. The maximum Gasteiger partial charge on any atom is 0.416 e. The largest absolute Gasteiger partial charge is 0.416 e. The number of hydrogen-bond donors (Lipinski definition) is 1. The fourth-order valence-corrected chi connectivity index (χ4v) is 1.66. The maximum atomic E-state index is 12.4. The third-order valence-corrected chi connectivity index (χ3v) is 2.57. The van der Waals surface area contributed by atoms with E-state index in [2.05, 4.69) is 5.32 Å². The molecule has 1 heterocycles. The van der Waals surface area contributed by atoms with Gasteiger partial charge in [-0.15, -0.1) is 0 Å². The number of nitrogens with one attached hydrogen (secondary N) is 1. The van der Waals surface area contributed by atoms with Gasteiger partial charge >= 0.3 is 18.0 Å². The summed E-state index contributed by atoms with van der Waals surface area (Å²) >= 11 is 0. The second-order valence-corrected chi connectivity index (χ2v) is 3.76. The van der Waals surface area contributed by atoms with Crippen LogP contribution in [0.2, 0.25) is 0 Å². The lowest BCUT2D eigenvalue weighted by atomic mass is 10.1. The number of nitrogens with zero attached hydrogens (tertiary/aromatic N) is 1. The van der Waals surface area contributed by atoms with E-state index in [1.54, 1.807) is 0 Å². The Morgan fingerprint density at radius 2 is 1.72 bits per heavy atom. The molecular weight excluding hydrogens is 249 g/mol. The second kappa shape index (κ2) is 4.32. The van der Waals surface area contributed by atoms with E-state index in [4.69, 9.17) is 0 Å². The molecule has 0 radical (unpaired) electrons. The molecule has 96 valence electrons. The molecule has 0 bridgehead atoms. The van der Waals surface area contributed by atoms with E-state index in [9.17, 15) is 22.8 Å². The SMILES string of the molecule is O=C1NCCN(c2ccc(C(F)(F)F)cc2)C1=O. The van der Waals surface area contributed by atoms with E-state index in [1.807, 2.05) is 0 Å². The smallest absolute Gasteiger partial charge is 0.346 e. The number of amides is 2. The van der Waals surface area contributed by atoms with Gasteiger partial charge in [0.25, 0.3) is 0 Å². The molecule has 2 amide bonds. The zero-order chi connectivity index (χ0) is 13.3. The van der Waals surface area contributed by atoms with Crippen LogP contribution in [0.4, 0.5) is 18.9 Å². The zero-order valence-electron chi connectivity index (χ0n) is 9.12. The Kier molecular flexibility index (Phi) is 2.98. The maximum absolute atomic E-state index is 12.4. The van der Waals surface area contributed by atoms with Crippen LogP contribution in [-0.4, -0.2) is 24.9 Å². The van der Waals surface area contributed by atoms with Gasteiger partial charge in [0.1, 0.15) is 0 Å². The Hall–Kier alpha value is -2.05. The topological polar surface area (TPSA) is 49.4 Å². The van der Waals surface area contributed by atoms with E-state index in [0.29, 0.717) is 0 Å². The van der Waals surface area contributed by atoms with Crippen LogP contribution < -0.4 is 10.2 Å². The normalized spacial score (nSPS) is 16.7. The predicted molar refractivity (Wildman–Crippen MR) is 56.8 cm³/mol. The summed E-state index contributed by atoms with van der Waals surface area (Å²) in [5.41, 5.74) is -0.511. The number of hydrogen-bond acceptors (Lipinski definition) is 2. The minimum absolute atomic E-state index is 0.246. The van der Waals surface area contributed by atoms with Crippen molar-refractivity contribution in [2.45, 2.75) is 6.18 Å². The first kappa shape index (κ1) is 12.4. The monoisotopic (exact) mass is 258 g/mol. The molecule has 1 N–H and O–H groups in total. The third-order valence-electron chi connectivity index (χ3n) is 2.57. The number of carbonyl (C=O) groups excluding carboxylic acids is 2. The lowest BCUT2D eigenvalue weighted by Crippen LogP contribution is -2.52. The Bertz CT molecular complexity index is 482. The van der Waals surface area contributed by atoms with Crippen molar-refractivity contribution in [1.82, 2.24) is 5.32 Å². The molecule has 0 aromatic heterocycles. The van der Waals surface area contributed by atoms with Crippen molar-refractivity contribution in [3.05, 3.63) is 29.8 Å². The molecule has 0 spiro atoms. The van der Waals surface area contributed by atoms with E-state index in [1.165, 1.54) is 12.1 Å². The molecule has 18 heavy (non-hydrogen) atoms. The molecule has 0 saturated carbocycles. The van der Waals surface area contributed by atoms with Gasteiger partial charge in [0.15, 0.2) is 0 Å². The van der Waals surface area contributed by atoms with Crippen molar-refractivity contribution >= 4 is 17.5 Å². The summed E-state index contributed by atoms with van der Waals surface area (Å²) in [7, 11) is 0. The first-order chi connectivity index (χ1) is 8.39. The van der Waals surface area contributed by atoms with E-state index in [-0.39, 0.29) is 18.8 Å². The van der Waals surface area contributed by atoms with Crippen LogP contribution in [-0.2, 0) is 15.8 Å². The number of benzene rings is 1. The van der Waals surface area contributed by atoms with Gasteiger partial charge in [-0.2, -0.15) is 13.2 Å². The Morgan fingerprint density at radius 1 is 1.11 bits per heavy atom. The quantitative estimate of drug-likeness (QED) is 0.769. The summed E-state index contributed by atoms with van der Waals surface area (Å²) in [4.78, 5) is 23.8. The molecule has 1 aliphatic heterocycles. The number of carbonyl (C=O) groups is 2. The number of piperazine rings is 1. The van der Waals surface area contributed by atoms with Crippen molar-refractivity contribution in [3.63, 3.8) is 0 Å². The van der Waals surface area contributed by atoms with Gasteiger partial charge in [-0.05, 0) is 24.3 Å². The molecule has 1 saturated heterocycles. The summed E-state index contributed by atoms with van der Waals surface area (Å²) in [5.74, 6) is -1.51. The van der Waals surface area contributed by atoms with E-state index >= 15 is 0 Å². The summed E-state index contributed by atoms with van der Waals surface area (Å²) in [5, 5.41) is 2.36. The predicted octanol–water partition coefficient (Wildman–Crippen LogP) is 1.17.